The normalized spacial score (nSPS) is 23.8. The number of nitrogens with zero attached hydrogens (tertiary/aromatic N) is 1. The van der Waals surface area contributed by atoms with Crippen LogP contribution in [-0.4, -0.2) is 17.2 Å². The lowest BCUT2D eigenvalue weighted by atomic mass is 9.93. The second kappa shape index (κ2) is 3.59. The number of carbonyl (C=O) groups is 1. The van der Waals surface area contributed by atoms with Gasteiger partial charge in [0.1, 0.15) is 11.4 Å². The number of carbonyl (C=O) groups excluding carboxylic acids is 1. The molecule has 0 radical (unpaired) electrons. The number of amides is 1. The summed E-state index contributed by atoms with van der Waals surface area (Å²) in [4.78, 5) is 11.2. The van der Waals surface area contributed by atoms with Gasteiger partial charge >= 0.3 is 0 Å². The summed E-state index contributed by atoms with van der Waals surface area (Å²) < 4.78 is 12.7. The van der Waals surface area contributed by atoms with Gasteiger partial charge < -0.3 is 5.73 Å². The van der Waals surface area contributed by atoms with Crippen LogP contribution in [0.4, 0.5) is 4.39 Å². The van der Waals surface area contributed by atoms with Crippen LogP contribution >= 0.6 is 0 Å². The van der Waals surface area contributed by atoms with E-state index in [9.17, 15) is 9.18 Å². The molecule has 0 saturated carbocycles. The minimum atomic E-state index is -0.844. The van der Waals surface area contributed by atoms with Crippen molar-refractivity contribution in [3.05, 3.63) is 35.6 Å². The SMILES string of the molecule is CC1(C(N)=O)CC(c2ccc(F)cc2)=NN1. The fraction of sp³-hybridized carbons (Fsp3) is 0.273. The van der Waals surface area contributed by atoms with Gasteiger partial charge in [-0.1, -0.05) is 12.1 Å². The van der Waals surface area contributed by atoms with E-state index in [0.29, 0.717) is 12.1 Å². The number of primary amides is 1. The fourth-order valence-electron chi connectivity index (χ4n) is 1.56. The van der Waals surface area contributed by atoms with E-state index >= 15 is 0 Å². The van der Waals surface area contributed by atoms with Crippen LogP contribution in [0.3, 0.4) is 0 Å². The maximum atomic E-state index is 12.7. The van der Waals surface area contributed by atoms with Crippen molar-refractivity contribution in [3.8, 4) is 0 Å². The van der Waals surface area contributed by atoms with Gasteiger partial charge in [0.25, 0.3) is 0 Å². The standard InChI is InChI=1S/C11H12FN3O/c1-11(10(13)16)6-9(14-15-11)7-2-4-8(12)5-3-7/h2-5,15H,6H2,1H3,(H2,13,16). The second-order valence-electron chi connectivity index (χ2n) is 4.05. The molecule has 1 amide bonds. The minimum absolute atomic E-state index is 0.298. The number of nitrogens with two attached hydrogens (primary N) is 1. The number of hydrogen-bond donors (Lipinski definition) is 2. The van der Waals surface area contributed by atoms with Crippen LogP contribution in [0.1, 0.15) is 18.9 Å². The van der Waals surface area contributed by atoms with Crippen LogP contribution in [0.2, 0.25) is 0 Å². The quantitative estimate of drug-likeness (QED) is 0.774. The topological polar surface area (TPSA) is 67.5 Å². The highest BCUT2D eigenvalue weighted by atomic mass is 19.1. The molecule has 0 aromatic heterocycles. The Bertz CT molecular complexity index is 455. The number of rotatable bonds is 2. The van der Waals surface area contributed by atoms with E-state index in [0.717, 1.165) is 5.56 Å². The first kappa shape index (κ1) is 10.6. The molecule has 5 heteroatoms. The van der Waals surface area contributed by atoms with Crippen molar-refractivity contribution in [3.63, 3.8) is 0 Å². The smallest absolute Gasteiger partial charge is 0.244 e. The third-order valence-electron chi connectivity index (χ3n) is 2.68. The Morgan fingerprint density at radius 3 is 2.62 bits per heavy atom. The highest BCUT2D eigenvalue weighted by Crippen LogP contribution is 2.20. The molecule has 0 fully saturated rings. The van der Waals surface area contributed by atoms with E-state index in [1.165, 1.54) is 12.1 Å². The minimum Gasteiger partial charge on any atom is -0.368 e. The predicted molar refractivity (Wildman–Crippen MR) is 58.3 cm³/mol. The molecule has 2 rings (SSSR count). The first-order valence-corrected chi connectivity index (χ1v) is 4.91. The van der Waals surface area contributed by atoms with E-state index < -0.39 is 11.4 Å². The van der Waals surface area contributed by atoms with Crippen molar-refractivity contribution in [1.29, 1.82) is 0 Å². The van der Waals surface area contributed by atoms with Crippen LogP contribution < -0.4 is 11.2 Å². The van der Waals surface area contributed by atoms with Gasteiger partial charge in [-0.3, -0.25) is 10.2 Å². The van der Waals surface area contributed by atoms with Gasteiger partial charge in [-0.25, -0.2) is 4.39 Å². The first-order valence-electron chi connectivity index (χ1n) is 4.91. The van der Waals surface area contributed by atoms with Crippen LogP contribution in [-0.2, 0) is 4.79 Å². The molecule has 0 aliphatic carbocycles. The lowest BCUT2D eigenvalue weighted by Crippen LogP contribution is -2.48. The Balaban J connectivity index is 2.20. The summed E-state index contributed by atoms with van der Waals surface area (Å²) in [7, 11) is 0. The highest BCUT2D eigenvalue weighted by molar-refractivity contribution is 6.05. The third kappa shape index (κ3) is 1.76. The summed E-state index contributed by atoms with van der Waals surface area (Å²) in [5.74, 6) is -0.749. The van der Waals surface area contributed by atoms with Gasteiger partial charge in [0.2, 0.25) is 5.91 Å². The summed E-state index contributed by atoms with van der Waals surface area (Å²) in [6.45, 7) is 1.69. The number of benzene rings is 1. The molecule has 1 aromatic rings. The molecule has 0 saturated heterocycles. The average molecular weight is 221 g/mol. The third-order valence-corrected chi connectivity index (χ3v) is 2.68. The molecule has 1 atom stereocenters. The number of hydrogen-bond acceptors (Lipinski definition) is 3. The van der Waals surface area contributed by atoms with Gasteiger partial charge in [0.15, 0.2) is 0 Å². The monoisotopic (exact) mass is 221 g/mol. The van der Waals surface area contributed by atoms with Crippen LogP contribution in [0.5, 0.6) is 0 Å². The summed E-state index contributed by atoms with van der Waals surface area (Å²) in [5, 5.41) is 4.05. The molecular formula is C11H12FN3O. The zero-order chi connectivity index (χ0) is 11.8. The van der Waals surface area contributed by atoms with Crippen molar-refractivity contribution in [2.75, 3.05) is 0 Å². The maximum absolute atomic E-state index is 12.7. The van der Waals surface area contributed by atoms with E-state index in [2.05, 4.69) is 10.5 Å². The molecule has 1 aromatic carbocycles. The molecule has 84 valence electrons. The largest absolute Gasteiger partial charge is 0.368 e. The fourth-order valence-corrected chi connectivity index (χ4v) is 1.56. The lowest BCUT2D eigenvalue weighted by molar-refractivity contribution is -0.123. The van der Waals surface area contributed by atoms with Gasteiger partial charge in [-0.05, 0) is 24.6 Å². The van der Waals surface area contributed by atoms with Crippen LogP contribution in [0, 0.1) is 5.82 Å². The molecule has 16 heavy (non-hydrogen) atoms. The molecule has 1 aliphatic heterocycles. The summed E-state index contributed by atoms with van der Waals surface area (Å²) in [6, 6.07) is 5.97. The van der Waals surface area contributed by atoms with Crippen LogP contribution in [0.15, 0.2) is 29.4 Å². The van der Waals surface area contributed by atoms with E-state index in [4.69, 9.17) is 5.73 Å². The van der Waals surface area contributed by atoms with Gasteiger partial charge in [0, 0.05) is 6.42 Å². The van der Waals surface area contributed by atoms with Gasteiger partial charge in [0.05, 0.1) is 5.71 Å². The van der Waals surface area contributed by atoms with E-state index in [1.54, 1.807) is 19.1 Å². The second-order valence-corrected chi connectivity index (χ2v) is 4.05. The summed E-state index contributed by atoms with van der Waals surface area (Å²) in [6.07, 6.45) is 0.411. The summed E-state index contributed by atoms with van der Waals surface area (Å²) in [5.41, 5.74) is 8.63. The molecule has 0 spiro atoms. The van der Waals surface area contributed by atoms with Crippen molar-refractivity contribution in [2.45, 2.75) is 18.9 Å². The van der Waals surface area contributed by atoms with Gasteiger partial charge in [-0.15, -0.1) is 0 Å². The molecule has 4 nitrogen and oxygen atoms in total. The molecule has 1 aliphatic rings. The van der Waals surface area contributed by atoms with E-state index in [-0.39, 0.29) is 5.82 Å². The Hall–Kier alpha value is -1.91. The maximum Gasteiger partial charge on any atom is 0.244 e. The zero-order valence-electron chi connectivity index (χ0n) is 8.83. The number of halogens is 1. The van der Waals surface area contributed by atoms with Crippen LogP contribution in [0.25, 0.3) is 0 Å². The van der Waals surface area contributed by atoms with Crippen molar-refractivity contribution < 1.29 is 9.18 Å². The van der Waals surface area contributed by atoms with Crippen molar-refractivity contribution in [2.24, 2.45) is 10.8 Å². The molecule has 1 heterocycles. The Kier molecular flexibility index (Phi) is 2.38. The average Bonchev–Trinajstić information content (AvgIpc) is 2.63. The molecule has 0 bridgehead atoms. The number of nitrogens with one attached hydrogen (secondary N) is 1. The summed E-state index contributed by atoms with van der Waals surface area (Å²) >= 11 is 0. The zero-order valence-corrected chi connectivity index (χ0v) is 8.83. The van der Waals surface area contributed by atoms with Crippen molar-refractivity contribution in [1.82, 2.24) is 5.43 Å². The number of hydrazone groups is 1. The first-order chi connectivity index (χ1) is 7.51. The Morgan fingerprint density at radius 1 is 1.50 bits per heavy atom. The van der Waals surface area contributed by atoms with E-state index in [1.807, 2.05) is 0 Å². The Morgan fingerprint density at radius 2 is 2.12 bits per heavy atom. The molecule has 1 unspecified atom stereocenters. The molecular weight excluding hydrogens is 209 g/mol. The van der Waals surface area contributed by atoms with Gasteiger partial charge in [-0.2, -0.15) is 5.10 Å². The lowest BCUT2D eigenvalue weighted by Gasteiger charge is -2.18. The van der Waals surface area contributed by atoms with Crippen molar-refractivity contribution >= 4 is 11.6 Å². The predicted octanol–water partition coefficient (Wildman–Crippen LogP) is 0.767. The molecule has 3 N–H and O–H groups in total. The Labute approximate surface area is 92.3 Å². The highest BCUT2D eigenvalue weighted by Gasteiger charge is 2.37.